The number of rotatable bonds is 5. The zero-order valence-electron chi connectivity index (χ0n) is 13.5. The molecule has 0 bridgehead atoms. The first-order valence-electron chi connectivity index (χ1n) is 7.91. The van der Waals surface area contributed by atoms with Crippen LogP contribution in [0.2, 0.25) is 5.02 Å². The summed E-state index contributed by atoms with van der Waals surface area (Å²) in [6.07, 6.45) is 2.53. The molecule has 0 amide bonds. The van der Waals surface area contributed by atoms with Crippen molar-refractivity contribution in [2.24, 2.45) is 0 Å². The largest absolute Gasteiger partial charge is 0.362 e. The number of hydrogen-bond donors (Lipinski definition) is 1. The molecule has 1 aromatic carbocycles. The van der Waals surface area contributed by atoms with Crippen LogP contribution in [0.3, 0.4) is 0 Å². The maximum Gasteiger partial charge on any atom is 0.156 e. The Morgan fingerprint density at radius 2 is 2.04 bits per heavy atom. The molecule has 1 N–H and O–H groups in total. The fourth-order valence-corrected chi connectivity index (χ4v) is 3.77. The highest BCUT2D eigenvalue weighted by Gasteiger charge is 2.12. The van der Waals surface area contributed by atoms with Crippen molar-refractivity contribution in [2.75, 3.05) is 5.32 Å². The van der Waals surface area contributed by atoms with Crippen LogP contribution in [0.15, 0.2) is 46.6 Å². The van der Waals surface area contributed by atoms with Crippen molar-refractivity contribution in [3.05, 3.63) is 58.4 Å². The number of thiophene rings is 1. The van der Waals surface area contributed by atoms with Gasteiger partial charge >= 0.3 is 0 Å². The Bertz CT molecular complexity index is 1010. The van der Waals surface area contributed by atoms with Gasteiger partial charge in [-0.25, -0.2) is 9.97 Å². The van der Waals surface area contributed by atoms with Gasteiger partial charge in [-0.3, -0.25) is 0 Å². The van der Waals surface area contributed by atoms with Gasteiger partial charge in [-0.15, -0.1) is 11.3 Å². The van der Waals surface area contributed by atoms with Gasteiger partial charge < -0.3 is 9.84 Å². The average Bonchev–Trinajstić information content (AvgIpc) is 3.27. The van der Waals surface area contributed by atoms with E-state index in [0.717, 1.165) is 39.5 Å². The molecule has 4 aromatic rings. The highest BCUT2D eigenvalue weighted by Crippen LogP contribution is 2.30. The molecule has 3 heterocycles. The van der Waals surface area contributed by atoms with E-state index in [9.17, 15) is 0 Å². The number of fused-ring (bicyclic) bond motifs is 1. The Balaban J connectivity index is 1.54. The minimum atomic E-state index is 0.506. The third-order valence-corrected chi connectivity index (χ3v) is 5.14. The summed E-state index contributed by atoms with van der Waals surface area (Å²) in [4.78, 5) is 9.72. The number of hydrogen-bond acceptors (Lipinski definition) is 6. The molecule has 0 saturated carbocycles. The van der Waals surface area contributed by atoms with Gasteiger partial charge in [-0.05, 0) is 29.5 Å². The fraction of sp³-hybridized carbons (Fsp3) is 0.167. The van der Waals surface area contributed by atoms with Gasteiger partial charge in [0.2, 0.25) is 0 Å². The summed E-state index contributed by atoms with van der Waals surface area (Å²) in [5.41, 5.74) is 3.00. The zero-order chi connectivity index (χ0) is 17.2. The fourth-order valence-electron chi connectivity index (χ4n) is 2.65. The van der Waals surface area contributed by atoms with E-state index in [4.69, 9.17) is 16.1 Å². The molecule has 0 atom stereocenters. The number of aryl methyl sites for hydroxylation is 1. The summed E-state index contributed by atoms with van der Waals surface area (Å²) < 4.78 is 5.43. The third-order valence-electron chi connectivity index (χ3n) is 3.96. The molecule has 126 valence electrons. The van der Waals surface area contributed by atoms with Crippen LogP contribution in [0.25, 0.3) is 21.5 Å². The van der Waals surface area contributed by atoms with E-state index < -0.39 is 0 Å². The molecule has 3 aromatic heterocycles. The van der Waals surface area contributed by atoms with E-state index in [1.165, 1.54) is 5.56 Å². The molecule has 0 aliphatic carbocycles. The molecule has 4 rings (SSSR count). The maximum absolute atomic E-state index is 5.92. The summed E-state index contributed by atoms with van der Waals surface area (Å²) in [5.74, 6) is 1.57. The quantitative estimate of drug-likeness (QED) is 0.524. The van der Waals surface area contributed by atoms with Crippen molar-refractivity contribution in [2.45, 2.75) is 19.9 Å². The van der Waals surface area contributed by atoms with Crippen molar-refractivity contribution in [3.8, 4) is 11.3 Å². The molecule has 0 radical (unpaired) electrons. The Kier molecular flexibility index (Phi) is 4.38. The standard InChI is InChI=1S/C18H15ClN4OS/c1-2-11-9-25-18-16(11)17(21-10-22-18)20-8-14-7-15(23-24-14)12-3-5-13(19)6-4-12/h3-7,9-10H,2,8H2,1H3,(H,20,21,22). The van der Waals surface area contributed by atoms with E-state index in [2.05, 4.69) is 32.7 Å². The molecule has 0 aliphatic heterocycles. The lowest BCUT2D eigenvalue weighted by Crippen LogP contribution is -2.01. The SMILES string of the molecule is CCc1csc2ncnc(NCc3cc(-c4ccc(Cl)cc4)no3)c12. The van der Waals surface area contributed by atoms with Gasteiger partial charge in [0.25, 0.3) is 0 Å². The number of anilines is 1. The molecule has 5 nitrogen and oxygen atoms in total. The lowest BCUT2D eigenvalue weighted by molar-refractivity contribution is 0.390. The van der Waals surface area contributed by atoms with Gasteiger partial charge in [-0.2, -0.15) is 0 Å². The van der Waals surface area contributed by atoms with Crippen LogP contribution in [0.1, 0.15) is 18.2 Å². The Morgan fingerprint density at radius 3 is 2.84 bits per heavy atom. The summed E-state index contributed by atoms with van der Waals surface area (Å²) in [6, 6.07) is 9.44. The number of nitrogens with one attached hydrogen (secondary N) is 1. The van der Waals surface area contributed by atoms with E-state index in [0.29, 0.717) is 11.6 Å². The summed E-state index contributed by atoms with van der Waals surface area (Å²) in [5, 5.41) is 11.4. The molecular weight excluding hydrogens is 356 g/mol. The highest BCUT2D eigenvalue weighted by atomic mass is 35.5. The van der Waals surface area contributed by atoms with E-state index in [1.54, 1.807) is 17.7 Å². The molecule has 0 saturated heterocycles. The molecule has 0 fully saturated rings. The second-order valence-corrected chi connectivity index (χ2v) is 6.85. The van der Waals surface area contributed by atoms with E-state index in [1.807, 2.05) is 30.3 Å². The lowest BCUT2D eigenvalue weighted by atomic mass is 10.1. The molecule has 0 unspecified atom stereocenters. The van der Waals surface area contributed by atoms with Crippen molar-refractivity contribution < 1.29 is 4.52 Å². The minimum Gasteiger partial charge on any atom is -0.362 e. The second-order valence-electron chi connectivity index (χ2n) is 5.56. The first kappa shape index (κ1) is 16.1. The molecule has 0 spiro atoms. The van der Waals surface area contributed by atoms with Crippen molar-refractivity contribution >= 4 is 39.0 Å². The number of benzene rings is 1. The predicted molar refractivity (Wildman–Crippen MR) is 101 cm³/mol. The normalized spacial score (nSPS) is 11.1. The Hall–Kier alpha value is -2.44. The van der Waals surface area contributed by atoms with Gasteiger partial charge in [-0.1, -0.05) is 35.8 Å². The highest BCUT2D eigenvalue weighted by molar-refractivity contribution is 7.17. The Morgan fingerprint density at radius 1 is 1.20 bits per heavy atom. The van der Waals surface area contributed by atoms with E-state index in [-0.39, 0.29) is 0 Å². The first-order chi connectivity index (χ1) is 12.2. The van der Waals surface area contributed by atoms with Gasteiger partial charge in [0.05, 0.1) is 11.9 Å². The molecular formula is C18H15ClN4OS. The van der Waals surface area contributed by atoms with Crippen molar-refractivity contribution in [3.63, 3.8) is 0 Å². The smallest absolute Gasteiger partial charge is 0.156 e. The topological polar surface area (TPSA) is 63.8 Å². The summed E-state index contributed by atoms with van der Waals surface area (Å²) in [7, 11) is 0. The maximum atomic E-state index is 5.92. The van der Waals surface area contributed by atoms with Crippen molar-refractivity contribution in [1.82, 2.24) is 15.1 Å². The van der Waals surface area contributed by atoms with Crippen LogP contribution < -0.4 is 5.32 Å². The Labute approximate surface area is 153 Å². The number of aromatic nitrogens is 3. The molecule has 0 aliphatic rings. The van der Waals surface area contributed by atoms with Crippen LogP contribution in [0.4, 0.5) is 5.82 Å². The lowest BCUT2D eigenvalue weighted by Gasteiger charge is -2.05. The number of nitrogens with zero attached hydrogens (tertiary/aromatic N) is 3. The monoisotopic (exact) mass is 370 g/mol. The van der Waals surface area contributed by atoms with E-state index >= 15 is 0 Å². The second kappa shape index (κ2) is 6.82. The van der Waals surface area contributed by atoms with Crippen LogP contribution in [0, 0.1) is 0 Å². The van der Waals surface area contributed by atoms with Gasteiger partial charge in [0.15, 0.2) is 5.76 Å². The van der Waals surface area contributed by atoms with Crippen LogP contribution in [-0.4, -0.2) is 15.1 Å². The molecule has 7 heteroatoms. The van der Waals surface area contributed by atoms with Gasteiger partial charge in [0, 0.05) is 16.7 Å². The average molecular weight is 371 g/mol. The van der Waals surface area contributed by atoms with Gasteiger partial charge in [0.1, 0.15) is 22.7 Å². The number of halogens is 1. The van der Waals surface area contributed by atoms with Crippen LogP contribution >= 0.6 is 22.9 Å². The summed E-state index contributed by atoms with van der Waals surface area (Å²) >= 11 is 7.56. The first-order valence-corrected chi connectivity index (χ1v) is 9.17. The minimum absolute atomic E-state index is 0.506. The predicted octanol–water partition coefficient (Wildman–Crippen LogP) is 5.17. The van der Waals surface area contributed by atoms with Crippen molar-refractivity contribution in [1.29, 1.82) is 0 Å². The van der Waals surface area contributed by atoms with Crippen LogP contribution in [0.5, 0.6) is 0 Å². The van der Waals surface area contributed by atoms with Crippen LogP contribution in [-0.2, 0) is 13.0 Å². The molecule has 25 heavy (non-hydrogen) atoms. The summed E-state index contributed by atoms with van der Waals surface area (Å²) in [6.45, 7) is 2.64. The third kappa shape index (κ3) is 3.23. The zero-order valence-corrected chi connectivity index (χ0v) is 15.1.